The highest BCUT2D eigenvalue weighted by molar-refractivity contribution is 5.89. The second-order valence-corrected chi connectivity index (χ2v) is 3.76. The van der Waals surface area contributed by atoms with Crippen LogP contribution in [0.5, 0.6) is 0 Å². The number of ether oxygens (including phenoxy) is 1. The molecule has 2 rings (SSSR count). The SMILES string of the molecule is O=C(ONC1CCOCC1)c1ccccc1. The monoisotopic (exact) mass is 221 g/mol. The summed E-state index contributed by atoms with van der Waals surface area (Å²) in [5.41, 5.74) is 3.35. The molecule has 0 bridgehead atoms. The zero-order valence-corrected chi connectivity index (χ0v) is 9.02. The van der Waals surface area contributed by atoms with Crippen LogP contribution in [-0.2, 0) is 9.57 Å². The van der Waals surface area contributed by atoms with Gasteiger partial charge in [-0.1, -0.05) is 18.2 Å². The van der Waals surface area contributed by atoms with E-state index in [1.165, 1.54) is 0 Å². The Kier molecular flexibility index (Phi) is 3.91. The number of nitrogens with one attached hydrogen (secondary N) is 1. The van der Waals surface area contributed by atoms with Crippen molar-refractivity contribution in [1.82, 2.24) is 5.48 Å². The van der Waals surface area contributed by atoms with E-state index in [2.05, 4.69) is 5.48 Å². The minimum atomic E-state index is -0.341. The van der Waals surface area contributed by atoms with E-state index < -0.39 is 0 Å². The number of benzene rings is 1. The molecule has 1 fully saturated rings. The Labute approximate surface area is 94.5 Å². The van der Waals surface area contributed by atoms with E-state index in [0.717, 1.165) is 26.1 Å². The van der Waals surface area contributed by atoms with Crippen LogP contribution in [0.4, 0.5) is 0 Å². The van der Waals surface area contributed by atoms with E-state index in [1.807, 2.05) is 18.2 Å². The fourth-order valence-electron chi connectivity index (χ4n) is 1.59. The van der Waals surface area contributed by atoms with Gasteiger partial charge in [0.25, 0.3) is 0 Å². The normalized spacial score (nSPS) is 17.0. The third kappa shape index (κ3) is 3.05. The van der Waals surface area contributed by atoms with Gasteiger partial charge in [-0.15, -0.1) is 5.48 Å². The zero-order valence-electron chi connectivity index (χ0n) is 9.02. The van der Waals surface area contributed by atoms with Crippen LogP contribution in [-0.4, -0.2) is 25.2 Å². The van der Waals surface area contributed by atoms with Gasteiger partial charge in [0.1, 0.15) is 0 Å². The fraction of sp³-hybridized carbons (Fsp3) is 0.417. The van der Waals surface area contributed by atoms with Crippen molar-refractivity contribution in [3.63, 3.8) is 0 Å². The largest absolute Gasteiger partial charge is 0.381 e. The first-order chi connectivity index (χ1) is 7.86. The molecule has 16 heavy (non-hydrogen) atoms. The number of hydrogen-bond donors (Lipinski definition) is 1. The molecule has 1 N–H and O–H groups in total. The Morgan fingerprint density at radius 3 is 2.62 bits per heavy atom. The van der Waals surface area contributed by atoms with Gasteiger partial charge in [-0.2, -0.15) is 0 Å². The molecule has 0 spiro atoms. The van der Waals surface area contributed by atoms with Gasteiger partial charge in [0, 0.05) is 19.3 Å². The van der Waals surface area contributed by atoms with Crippen molar-refractivity contribution in [3.05, 3.63) is 35.9 Å². The predicted molar refractivity (Wildman–Crippen MR) is 58.8 cm³/mol. The van der Waals surface area contributed by atoms with Crippen molar-refractivity contribution in [2.75, 3.05) is 13.2 Å². The lowest BCUT2D eigenvalue weighted by Gasteiger charge is -2.22. The van der Waals surface area contributed by atoms with Gasteiger partial charge < -0.3 is 9.57 Å². The lowest BCUT2D eigenvalue weighted by Crippen LogP contribution is -2.36. The standard InChI is InChI=1S/C12H15NO3/c14-12(10-4-2-1-3-5-10)16-13-11-6-8-15-9-7-11/h1-5,11,13H,6-9H2. The Balaban J connectivity index is 1.79. The highest BCUT2D eigenvalue weighted by Crippen LogP contribution is 2.07. The van der Waals surface area contributed by atoms with E-state index >= 15 is 0 Å². The molecule has 1 saturated heterocycles. The molecule has 1 aliphatic rings. The molecule has 86 valence electrons. The third-order valence-electron chi connectivity index (χ3n) is 2.55. The average Bonchev–Trinajstić information content (AvgIpc) is 2.38. The molecular formula is C12H15NO3. The van der Waals surface area contributed by atoms with Gasteiger partial charge in [0.2, 0.25) is 0 Å². The van der Waals surface area contributed by atoms with Crippen molar-refractivity contribution in [2.24, 2.45) is 0 Å². The Morgan fingerprint density at radius 1 is 1.25 bits per heavy atom. The summed E-state index contributed by atoms with van der Waals surface area (Å²) < 4.78 is 5.21. The molecule has 4 nitrogen and oxygen atoms in total. The van der Waals surface area contributed by atoms with Gasteiger partial charge in [0.15, 0.2) is 0 Å². The van der Waals surface area contributed by atoms with Crippen LogP contribution >= 0.6 is 0 Å². The summed E-state index contributed by atoms with van der Waals surface area (Å²) in [6, 6.07) is 9.15. The summed E-state index contributed by atoms with van der Waals surface area (Å²) in [6.45, 7) is 1.45. The van der Waals surface area contributed by atoms with E-state index in [1.54, 1.807) is 12.1 Å². The number of carbonyl (C=O) groups excluding carboxylic acids is 1. The highest BCUT2D eigenvalue weighted by Gasteiger charge is 2.15. The lowest BCUT2D eigenvalue weighted by molar-refractivity contribution is -0.00732. The van der Waals surface area contributed by atoms with E-state index in [0.29, 0.717) is 5.56 Å². The quantitative estimate of drug-likeness (QED) is 0.786. The van der Waals surface area contributed by atoms with Crippen LogP contribution in [0.15, 0.2) is 30.3 Å². The van der Waals surface area contributed by atoms with Crippen LogP contribution in [0, 0.1) is 0 Å². The zero-order chi connectivity index (χ0) is 11.2. The minimum absolute atomic E-state index is 0.210. The molecule has 0 saturated carbocycles. The van der Waals surface area contributed by atoms with Gasteiger partial charge in [-0.3, -0.25) is 0 Å². The second kappa shape index (κ2) is 5.63. The molecule has 1 aromatic rings. The molecule has 0 amide bonds. The lowest BCUT2D eigenvalue weighted by atomic mass is 10.1. The molecule has 1 heterocycles. The van der Waals surface area contributed by atoms with Crippen LogP contribution in [0.2, 0.25) is 0 Å². The molecule has 0 radical (unpaired) electrons. The molecule has 0 atom stereocenters. The maximum atomic E-state index is 11.6. The molecule has 1 aromatic carbocycles. The average molecular weight is 221 g/mol. The number of hydrogen-bond acceptors (Lipinski definition) is 4. The number of rotatable bonds is 3. The van der Waals surface area contributed by atoms with Crippen LogP contribution in [0.1, 0.15) is 23.2 Å². The predicted octanol–water partition coefficient (Wildman–Crippen LogP) is 1.53. The third-order valence-corrected chi connectivity index (χ3v) is 2.55. The Morgan fingerprint density at radius 2 is 1.94 bits per heavy atom. The van der Waals surface area contributed by atoms with E-state index in [4.69, 9.17) is 9.57 Å². The molecule has 0 aliphatic carbocycles. The summed E-state index contributed by atoms with van der Waals surface area (Å²) in [5.74, 6) is -0.341. The highest BCUT2D eigenvalue weighted by atomic mass is 16.7. The minimum Gasteiger partial charge on any atom is -0.381 e. The molecule has 0 unspecified atom stereocenters. The van der Waals surface area contributed by atoms with Gasteiger partial charge in [-0.05, 0) is 25.0 Å². The van der Waals surface area contributed by atoms with Crippen LogP contribution in [0.3, 0.4) is 0 Å². The van der Waals surface area contributed by atoms with E-state index in [-0.39, 0.29) is 12.0 Å². The van der Waals surface area contributed by atoms with Crippen molar-refractivity contribution in [1.29, 1.82) is 0 Å². The fourth-order valence-corrected chi connectivity index (χ4v) is 1.59. The maximum absolute atomic E-state index is 11.6. The van der Waals surface area contributed by atoms with Gasteiger partial charge in [0.05, 0.1) is 5.56 Å². The first-order valence-corrected chi connectivity index (χ1v) is 5.46. The van der Waals surface area contributed by atoms with Crippen molar-refractivity contribution >= 4 is 5.97 Å². The molecule has 0 aromatic heterocycles. The molecular weight excluding hydrogens is 206 g/mol. The first-order valence-electron chi connectivity index (χ1n) is 5.46. The van der Waals surface area contributed by atoms with Crippen LogP contribution in [0.25, 0.3) is 0 Å². The molecule has 4 heteroatoms. The van der Waals surface area contributed by atoms with Gasteiger partial charge >= 0.3 is 5.97 Å². The molecule has 1 aliphatic heterocycles. The number of hydroxylamine groups is 1. The summed E-state index contributed by atoms with van der Waals surface area (Å²) in [4.78, 5) is 16.6. The summed E-state index contributed by atoms with van der Waals surface area (Å²) in [5, 5.41) is 0. The van der Waals surface area contributed by atoms with Crippen molar-refractivity contribution in [2.45, 2.75) is 18.9 Å². The van der Waals surface area contributed by atoms with Crippen molar-refractivity contribution in [3.8, 4) is 0 Å². The van der Waals surface area contributed by atoms with E-state index in [9.17, 15) is 4.79 Å². The summed E-state index contributed by atoms with van der Waals surface area (Å²) >= 11 is 0. The smallest absolute Gasteiger partial charge is 0.356 e. The first kappa shape index (κ1) is 11.1. The van der Waals surface area contributed by atoms with Crippen molar-refractivity contribution < 1.29 is 14.4 Å². The summed E-state index contributed by atoms with van der Waals surface area (Å²) in [6.07, 6.45) is 1.75. The number of carbonyl (C=O) groups is 1. The Hall–Kier alpha value is -1.39. The van der Waals surface area contributed by atoms with Gasteiger partial charge in [-0.25, -0.2) is 4.79 Å². The topological polar surface area (TPSA) is 47.6 Å². The second-order valence-electron chi connectivity index (χ2n) is 3.76. The Bertz CT molecular complexity index is 333. The summed E-state index contributed by atoms with van der Waals surface area (Å²) in [7, 11) is 0. The maximum Gasteiger partial charge on any atom is 0.356 e. The van der Waals surface area contributed by atoms with Crippen LogP contribution < -0.4 is 5.48 Å².